The minimum atomic E-state index is -4.42. The van der Waals surface area contributed by atoms with Gasteiger partial charge in [0.1, 0.15) is 41.4 Å². The van der Waals surface area contributed by atoms with Crippen molar-refractivity contribution in [3.05, 3.63) is 77.5 Å². The van der Waals surface area contributed by atoms with E-state index in [0.717, 1.165) is 19.4 Å². The molecular formula is C38H36F3N5O6S. The lowest BCUT2D eigenvalue weighted by molar-refractivity contribution is 0.0512. The van der Waals surface area contributed by atoms with Crippen LogP contribution in [0.5, 0.6) is 11.8 Å². The van der Waals surface area contributed by atoms with Crippen LogP contribution < -0.4 is 14.4 Å². The molecule has 2 aliphatic rings. The Kier molecular flexibility index (Phi) is 9.90. The molecule has 4 heterocycles. The van der Waals surface area contributed by atoms with E-state index in [0.29, 0.717) is 30.3 Å². The van der Waals surface area contributed by atoms with E-state index in [4.69, 9.17) is 25.6 Å². The van der Waals surface area contributed by atoms with Crippen molar-refractivity contribution in [2.45, 2.75) is 42.3 Å². The number of alkyl halides is 1. The smallest absolute Gasteiger partial charge is 0.317 e. The first-order valence-electron chi connectivity index (χ1n) is 16.9. The predicted octanol–water partition coefficient (Wildman–Crippen LogP) is 5.97. The summed E-state index contributed by atoms with van der Waals surface area (Å²) in [7, 11) is -1.26. The van der Waals surface area contributed by atoms with Crippen molar-refractivity contribution in [2.24, 2.45) is 0 Å². The number of hydrogen-bond acceptors (Lipinski definition) is 10. The molecule has 7 rings (SSSR count). The average Bonchev–Trinajstić information content (AvgIpc) is 3.67. The molecule has 15 heteroatoms. The van der Waals surface area contributed by atoms with Gasteiger partial charge in [0, 0.05) is 50.8 Å². The number of hydrogen-bond donors (Lipinski definition) is 1. The van der Waals surface area contributed by atoms with Crippen molar-refractivity contribution in [1.82, 2.24) is 19.9 Å². The lowest BCUT2D eigenvalue weighted by Crippen LogP contribution is -2.43. The summed E-state index contributed by atoms with van der Waals surface area (Å²) >= 11 is 0. The van der Waals surface area contributed by atoms with Gasteiger partial charge >= 0.3 is 6.01 Å². The first kappa shape index (κ1) is 36.4. The van der Waals surface area contributed by atoms with Crippen LogP contribution in [0.4, 0.5) is 19.0 Å². The van der Waals surface area contributed by atoms with E-state index >= 15 is 8.78 Å². The molecule has 276 valence electrons. The molecule has 3 aromatic carbocycles. The van der Waals surface area contributed by atoms with Crippen molar-refractivity contribution in [2.75, 3.05) is 52.1 Å². The number of halogens is 3. The van der Waals surface area contributed by atoms with E-state index in [-0.39, 0.29) is 75.5 Å². The van der Waals surface area contributed by atoms with Crippen molar-refractivity contribution in [3.63, 3.8) is 0 Å². The molecule has 2 fully saturated rings. The van der Waals surface area contributed by atoms with Crippen LogP contribution in [0.25, 0.3) is 32.9 Å². The van der Waals surface area contributed by atoms with Gasteiger partial charge in [-0.05, 0) is 67.1 Å². The third kappa shape index (κ3) is 7.07. The molecule has 2 atom stereocenters. The lowest BCUT2D eigenvalue weighted by atomic mass is 9.95. The minimum Gasteiger partial charge on any atom is -0.468 e. The normalized spacial score (nSPS) is 18.7. The molecule has 0 radical (unpaired) electrons. The largest absolute Gasteiger partial charge is 0.468 e. The second kappa shape index (κ2) is 14.4. The summed E-state index contributed by atoms with van der Waals surface area (Å²) < 4.78 is 96.7. The number of rotatable bonds is 12. The third-order valence-corrected chi connectivity index (χ3v) is 10.8. The standard InChI is InChI=1S/C38H36F3N5O6S/c1-4-28-31(40)10-9-24-16-26(52-22-50-3)17-29(32(24)28)34-33(41)35-30(19-42-37(44-35)51-21-38-12-6-13-46(38)20-25(39)18-38)36(43-34)45(2)14-11-23-7-5-8-27(15-23)53(47,48)49/h1,5,7-10,15-17,19,25H,6,11-14,18,20-22H2,2-3H3,(H,47,48,49)/t25-,38+/m1/s1. The Morgan fingerprint density at radius 1 is 1.15 bits per heavy atom. The van der Waals surface area contributed by atoms with Crippen LogP contribution >= 0.6 is 0 Å². The number of methoxy groups -OCH3 is 1. The maximum absolute atomic E-state index is 17.1. The Morgan fingerprint density at radius 3 is 2.75 bits per heavy atom. The molecular weight excluding hydrogens is 712 g/mol. The monoisotopic (exact) mass is 747 g/mol. The minimum absolute atomic E-state index is 0.0967. The lowest BCUT2D eigenvalue weighted by Gasteiger charge is -2.30. The number of anilines is 1. The number of fused-ring (bicyclic) bond motifs is 3. The van der Waals surface area contributed by atoms with Gasteiger partial charge in [-0.3, -0.25) is 9.45 Å². The quantitative estimate of drug-likeness (QED) is 0.0922. The fourth-order valence-corrected chi connectivity index (χ4v) is 7.98. The first-order valence-corrected chi connectivity index (χ1v) is 18.4. The third-order valence-electron chi connectivity index (χ3n) is 9.95. The van der Waals surface area contributed by atoms with Gasteiger partial charge in [0.2, 0.25) is 0 Å². The number of terminal acetylenes is 1. The van der Waals surface area contributed by atoms with Crippen molar-refractivity contribution >= 4 is 37.6 Å². The van der Waals surface area contributed by atoms with Gasteiger partial charge in [-0.1, -0.05) is 24.1 Å². The zero-order chi connectivity index (χ0) is 37.5. The first-order chi connectivity index (χ1) is 25.4. The molecule has 2 aliphatic heterocycles. The van der Waals surface area contributed by atoms with E-state index in [9.17, 15) is 17.4 Å². The molecule has 0 aliphatic carbocycles. The van der Waals surface area contributed by atoms with E-state index in [1.54, 1.807) is 24.1 Å². The molecule has 2 aromatic heterocycles. The Labute approximate surface area is 304 Å². The Balaban J connectivity index is 1.36. The summed E-state index contributed by atoms with van der Waals surface area (Å²) in [6, 6.07) is 11.6. The highest BCUT2D eigenvalue weighted by Gasteiger charge is 2.49. The molecule has 1 N–H and O–H groups in total. The van der Waals surface area contributed by atoms with Crippen LogP contribution in [-0.2, 0) is 21.3 Å². The number of ether oxygens (including phenoxy) is 3. The second-order valence-corrected chi connectivity index (χ2v) is 14.8. The highest BCUT2D eigenvalue weighted by molar-refractivity contribution is 7.85. The van der Waals surface area contributed by atoms with Gasteiger partial charge in [0.15, 0.2) is 12.6 Å². The summed E-state index contributed by atoms with van der Waals surface area (Å²) in [4.78, 5) is 17.3. The van der Waals surface area contributed by atoms with E-state index in [1.807, 2.05) is 0 Å². The van der Waals surface area contributed by atoms with Crippen LogP contribution in [0, 0.1) is 24.0 Å². The summed E-state index contributed by atoms with van der Waals surface area (Å²) in [5, 5.41) is 0.928. The van der Waals surface area contributed by atoms with Gasteiger partial charge in [-0.15, -0.1) is 6.42 Å². The summed E-state index contributed by atoms with van der Waals surface area (Å²) in [5.41, 5.74) is -0.186. The number of nitrogens with zero attached hydrogens (tertiary/aromatic N) is 5. The van der Waals surface area contributed by atoms with Crippen molar-refractivity contribution in [3.8, 4) is 35.4 Å². The van der Waals surface area contributed by atoms with Gasteiger partial charge in [0.25, 0.3) is 10.1 Å². The molecule has 2 saturated heterocycles. The Bertz CT molecular complexity index is 2380. The molecule has 53 heavy (non-hydrogen) atoms. The molecule has 11 nitrogen and oxygen atoms in total. The number of likely N-dealkylation sites (N-methyl/N-ethyl adjacent to an activating group) is 1. The van der Waals surface area contributed by atoms with Crippen molar-refractivity contribution in [1.29, 1.82) is 0 Å². The zero-order valence-corrected chi connectivity index (χ0v) is 29.8. The van der Waals surface area contributed by atoms with Gasteiger partial charge < -0.3 is 19.1 Å². The number of aromatic nitrogens is 3. The van der Waals surface area contributed by atoms with E-state index in [2.05, 4.69) is 20.8 Å². The van der Waals surface area contributed by atoms with Crippen LogP contribution in [-0.4, -0.2) is 91.7 Å². The van der Waals surface area contributed by atoms with Gasteiger partial charge in [-0.2, -0.15) is 13.4 Å². The number of benzene rings is 3. The predicted molar refractivity (Wildman–Crippen MR) is 192 cm³/mol. The van der Waals surface area contributed by atoms with Crippen LogP contribution in [0.15, 0.2) is 59.6 Å². The van der Waals surface area contributed by atoms with Crippen LogP contribution in [0.3, 0.4) is 0 Å². The van der Waals surface area contributed by atoms with Gasteiger partial charge in [-0.25, -0.2) is 23.1 Å². The van der Waals surface area contributed by atoms with E-state index < -0.39 is 33.5 Å². The van der Waals surface area contributed by atoms with Crippen LogP contribution in [0.1, 0.15) is 30.4 Å². The van der Waals surface area contributed by atoms with Crippen molar-refractivity contribution < 1.29 is 40.4 Å². The highest BCUT2D eigenvalue weighted by atomic mass is 32.2. The SMILES string of the molecule is C#Cc1c(F)ccc2cc(OCOC)cc(-c3nc(N(C)CCc4cccc(S(=O)(=O)O)c4)c4cnc(OC[C@@]56CCCN5C[C@H](F)C6)nc4c3F)c12. The summed E-state index contributed by atoms with van der Waals surface area (Å²) in [6.45, 7) is 1.36. The molecule has 0 unspecified atom stereocenters. The fourth-order valence-electron chi connectivity index (χ4n) is 7.43. The maximum Gasteiger partial charge on any atom is 0.317 e. The average molecular weight is 748 g/mol. The molecule has 0 amide bonds. The molecule has 0 bridgehead atoms. The molecule has 0 saturated carbocycles. The maximum atomic E-state index is 17.1. The Hall–Kier alpha value is -5.01. The molecule has 5 aromatic rings. The number of pyridine rings is 1. The van der Waals surface area contributed by atoms with Gasteiger partial charge in [0.05, 0.1) is 21.4 Å². The fraction of sp³-hybridized carbons (Fsp3) is 0.342. The highest BCUT2D eigenvalue weighted by Crippen LogP contribution is 2.42. The van der Waals surface area contributed by atoms with Crippen LogP contribution in [0.2, 0.25) is 0 Å². The zero-order valence-electron chi connectivity index (χ0n) is 29.0. The Morgan fingerprint density at radius 2 is 1.98 bits per heavy atom. The summed E-state index contributed by atoms with van der Waals surface area (Å²) in [5.74, 6) is 1.39. The van der Waals surface area contributed by atoms with E-state index in [1.165, 1.54) is 49.7 Å². The second-order valence-electron chi connectivity index (χ2n) is 13.4. The topological polar surface area (TPSA) is 127 Å². The molecule has 0 spiro atoms. The summed E-state index contributed by atoms with van der Waals surface area (Å²) in [6.07, 6.45) is 8.53.